The molecule has 1 heterocycles. The summed E-state index contributed by atoms with van der Waals surface area (Å²) >= 11 is 0. The maximum absolute atomic E-state index is 12.6. The number of nitrogens with zero attached hydrogens (tertiary/aromatic N) is 1. The normalized spacial score (nSPS) is 18.9. The van der Waals surface area contributed by atoms with Crippen molar-refractivity contribution in [2.75, 3.05) is 6.54 Å². The molecule has 3 rings (SSSR count). The summed E-state index contributed by atoms with van der Waals surface area (Å²) in [6.45, 7) is 3.15. The lowest BCUT2D eigenvalue weighted by Crippen LogP contribution is -2.45. The summed E-state index contributed by atoms with van der Waals surface area (Å²) in [6, 6.07) is 4.86. The lowest BCUT2D eigenvalue weighted by atomic mass is 9.94. The van der Waals surface area contributed by atoms with E-state index in [4.69, 9.17) is 5.73 Å². The van der Waals surface area contributed by atoms with Crippen LogP contribution < -0.4 is 10.5 Å². The maximum atomic E-state index is 12.6. The largest absolute Gasteiger partial charge is 0.337 e. The topological polar surface area (TPSA) is 92.5 Å². The number of fused-ring (bicyclic) bond motifs is 1. The quantitative estimate of drug-likeness (QED) is 0.757. The Bertz CT molecular complexity index is 759. The number of carbonyl (C=O) groups is 1. The molecule has 1 fully saturated rings. The van der Waals surface area contributed by atoms with Gasteiger partial charge in [0.1, 0.15) is 0 Å². The molecule has 0 aromatic heterocycles. The molecular weight excluding hydrogens is 350 g/mol. The van der Waals surface area contributed by atoms with Crippen LogP contribution in [0.25, 0.3) is 0 Å². The van der Waals surface area contributed by atoms with Gasteiger partial charge in [-0.05, 0) is 48.9 Å². The summed E-state index contributed by atoms with van der Waals surface area (Å²) in [5.41, 5.74) is 8.05. The molecule has 1 aromatic carbocycles. The molecule has 1 amide bonds. The highest BCUT2D eigenvalue weighted by Crippen LogP contribution is 2.25. The molecule has 1 aliphatic heterocycles. The average Bonchev–Trinajstić information content (AvgIpc) is 2.61. The van der Waals surface area contributed by atoms with Crippen molar-refractivity contribution in [2.24, 2.45) is 5.73 Å². The fourth-order valence-electron chi connectivity index (χ4n) is 3.48. The van der Waals surface area contributed by atoms with Crippen molar-refractivity contribution >= 4 is 15.9 Å². The fraction of sp³-hybridized carbons (Fsp3) is 0.632. The van der Waals surface area contributed by atoms with Gasteiger partial charge >= 0.3 is 0 Å². The molecule has 1 saturated carbocycles. The van der Waals surface area contributed by atoms with E-state index >= 15 is 0 Å². The smallest absolute Gasteiger partial charge is 0.240 e. The van der Waals surface area contributed by atoms with Gasteiger partial charge in [0, 0.05) is 19.1 Å². The van der Waals surface area contributed by atoms with Gasteiger partial charge in [0.25, 0.3) is 0 Å². The molecule has 1 aliphatic carbocycles. The first-order valence-electron chi connectivity index (χ1n) is 9.59. The molecule has 2 aliphatic rings. The van der Waals surface area contributed by atoms with Gasteiger partial charge in [0.2, 0.25) is 15.9 Å². The molecule has 26 heavy (non-hydrogen) atoms. The van der Waals surface area contributed by atoms with Crippen LogP contribution in [-0.4, -0.2) is 37.9 Å². The third-order valence-electron chi connectivity index (χ3n) is 5.42. The van der Waals surface area contributed by atoms with Gasteiger partial charge in [-0.1, -0.05) is 32.3 Å². The van der Waals surface area contributed by atoms with E-state index < -0.39 is 16.1 Å². The minimum Gasteiger partial charge on any atom is -0.337 e. The molecule has 1 aromatic rings. The Morgan fingerprint density at radius 1 is 1.35 bits per heavy atom. The predicted octanol–water partition coefficient (Wildman–Crippen LogP) is 1.92. The van der Waals surface area contributed by atoms with Crippen molar-refractivity contribution in [3.8, 4) is 0 Å². The minimum absolute atomic E-state index is 0.0371. The number of carbonyl (C=O) groups excluding carboxylic acids is 1. The molecule has 0 bridgehead atoms. The van der Waals surface area contributed by atoms with Crippen LogP contribution in [0.3, 0.4) is 0 Å². The zero-order valence-corrected chi connectivity index (χ0v) is 16.2. The van der Waals surface area contributed by atoms with E-state index in [1.807, 2.05) is 6.07 Å². The van der Waals surface area contributed by atoms with Gasteiger partial charge in [-0.25, -0.2) is 13.1 Å². The van der Waals surface area contributed by atoms with Crippen LogP contribution in [0, 0.1) is 0 Å². The first-order valence-corrected chi connectivity index (χ1v) is 11.1. The van der Waals surface area contributed by atoms with Crippen LogP contribution in [0.2, 0.25) is 0 Å². The first-order chi connectivity index (χ1) is 12.4. The second-order valence-electron chi connectivity index (χ2n) is 7.44. The Labute approximate surface area is 156 Å². The Morgan fingerprint density at radius 2 is 2.12 bits per heavy atom. The van der Waals surface area contributed by atoms with E-state index in [1.165, 1.54) is 0 Å². The Kier molecular flexibility index (Phi) is 5.99. The highest BCUT2D eigenvalue weighted by atomic mass is 32.2. The van der Waals surface area contributed by atoms with Crippen LogP contribution in [0.5, 0.6) is 0 Å². The van der Waals surface area contributed by atoms with Gasteiger partial charge in [-0.2, -0.15) is 0 Å². The van der Waals surface area contributed by atoms with E-state index in [-0.39, 0.29) is 16.8 Å². The van der Waals surface area contributed by atoms with Gasteiger partial charge < -0.3 is 10.6 Å². The van der Waals surface area contributed by atoms with Crippen molar-refractivity contribution in [3.63, 3.8) is 0 Å². The van der Waals surface area contributed by atoms with Crippen molar-refractivity contribution in [2.45, 2.75) is 75.4 Å². The number of amides is 1. The monoisotopic (exact) mass is 379 g/mol. The Balaban J connectivity index is 1.72. The van der Waals surface area contributed by atoms with Crippen LogP contribution in [0.1, 0.15) is 56.6 Å². The van der Waals surface area contributed by atoms with Crippen molar-refractivity contribution in [1.29, 1.82) is 0 Å². The summed E-state index contributed by atoms with van der Waals surface area (Å²) in [5, 5.41) is 0. The number of hydrogen-bond acceptors (Lipinski definition) is 4. The van der Waals surface area contributed by atoms with Crippen LogP contribution >= 0.6 is 0 Å². The van der Waals surface area contributed by atoms with Gasteiger partial charge in [0.05, 0.1) is 10.9 Å². The van der Waals surface area contributed by atoms with E-state index in [1.54, 1.807) is 17.0 Å². The number of unbranched alkanes of at least 4 members (excludes halogenated alkanes) is 1. The second-order valence-corrected chi connectivity index (χ2v) is 9.15. The van der Waals surface area contributed by atoms with E-state index in [0.29, 0.717) is 19.5 Å². The van der Waals surface area contributed by atoms with E-state index in [9.17, 15) is 13.2 Å². The van der Waals surface area contributed by atoms with E-state index in [0.717, 1.165) is 49.7 Å². The molecule has 0 spiro atoms. The first kappa shape index (κ1) is 19.3. The van der Waals surface area contributed by atoms with Gasteiger partial charge in [0.15, 0.2) is 0 Å². The average molecular weight is 380 g/mol. The lowest BCUT2D eigenvalue weighted by molar-refractivity contribution is -0.133. The highest BCUT2D eigenvalue weighted by Gasteiger charge is 2.28. The zero-order chi connectivity index (χ0) is 18.7. The van der Waals surface area contributed by atoms with Crippen molar-refractivity contribution in [3.05, 3.63) is 29.3 Å². The Hall–Kier alpha value is -1.44. The summed E-state index contributed by atoms with van der Waals surface area (Å²) in [5.74, 6) is -0.0371. The van der Waals surface area contributed by atoms with Crippen LogP contribution in [0.4, 0.5) is 0 Å². The second kappa shape index (κ2) is 8.06. The standard InChI is InChI=1S/C19H29N3O3S/c1-2-3-7-18(20)19(23)22-11-10-14-8-9-17(12-15(14)13-22)26(24,25)21-16-5-4-6-16/h8-9,12,16,18,21H,2-7,10-11,13,20H2,1H3/t18-/m0/s1. The highest BCUT2D eigenvalue weighted by molar-refractivity contribution is 7.89. The molecule has 6 nitrogen and oxygen atoms in total. The third-order valence-corrected chi connectivity index (χ3v) is 6.94. The summed E-state index contributed by atoms with van der Waals surface area (Å²) < 4.78 is 27.9. The summed E-state index contributed by atoms with van der Waals surface area (Å²) in [6.07, 6.45) is 6.26. The molecule has 0 unspecified atom stereocenters. The maximum Gasteiger partial charge on any atom is 0.240 e. The molecular formula is C19H29N3O3S. The molecule has 0 radical (unpaired) electrons. The molecule has 3 N–H and O–H groups in total. The molecule has 144 valence electrons. The van der Waals surface area contributed by atoms with Crippen LogP contribution in [0.15, 0.2) is 23.1 Å². The summed E-state index contributed by atoms with van der Waals surface area (Å²) in [7, 11) is -3.50. The zero-order valence-electron chi connectivity index (χ0n) is 15.4. The molecule has 1 atom stereocenters. The van der Waals surface area contributed by atoms with Crippen molar-refractivity contribution < 1.29 is 13.2 Å². The molecule has 7 heteroatoms. The minimum atomic E-state index is -3.50. The van der Waals surface area contributed by atoms with Gasteiger partial charge in [-0.15, -0.1) is 0 Å². The number of rotatable bonds is 7. The molecule has 0 saturated heterocycles. The number of sulfonamides is 1. The summed E-state index contributed by atoms with van der Waals surface area (Å²) in [4.78, 5) is 14.6. The van der Waals surface area contributed by atoms with Crippen LogP contribution in [-0.2, 0) is 27.8 Å². The van der Waals surface area contributed by atoms with Gasteiger partial charge in [-0.3, -0.25) is 4.79 Å². The van der Waals surface area contributed by atoms with E-state index in [2.05, 4.69) is 11.6 Å². The fourth-order valence-corrected chi connectivity index (χ4v) is 4.84. The van der Waals surface area contributed by atoms with Crippen molar-refractivity contribution in [1.82, 2.24) is 9.62 Å². The number of nitrogens with one attached hydrogen (secondary N) is 1. The predicted molar refractivity (Wildman–Crippen MR) is 101 cm³/mol. The SMILES string of the molecule is CCCC[C@H](N)C(=O)N1CCc2ccc(S(=O)(=O)NC3CCC3)cc2C1. The lowest BCUT2D eigenvalue weighted by Gasteiger charge is -2.31. The number of benzene rings is 1. The Morgan fingerprint density at radius 3 is 2.77 bits per heavy atom. The number of nitrogens with two attached hydrogens (primary N) is 1. The third kappa shape index (κ3) is 4.27. The number of hydrogen-bond donors (Lipinski definition) is 2.